The lowest BCUT2D eigenvalue weighted by molar-refractivity contribution is 0.305. The maximum atomic E-state index is 2.64. The minimum absolute atomic E-state index is 0.980. The van der Waals surface area contributed by atoms with E-state index in [0.29, 0.717) is 0 Å². The molecule has 3 heteroatoms. The first-order valence-electron chi connectivity index (χ1n) is 4.92. The molecule has 2 rings (SSSR count). The van der Waals surface area contributed by atoms with Crippen LogP contribution in [0.3, 0.4) is 0 Å². The third-order valence-corrected chi connectivity index (χ3v) is 3.84. The first kappa shape index (κ1) is 9.21. The van der Waals surface area contributed by atoms with Gasteiger partial charge in [-0.25, -0.2) is 3.11 Å². The standard InChI is InChI=1S/C9H17IN2/c1-2-3-11-4-8-6-12(10)7-9(8)5-11/h8-9H,2-7H2,1H3/t8-,9+. The van der Waals surface area contributed by atoms with E-state index in [0.717, 1.165) is 11.8 Å². The van der Waals surface area contributed by atoms with Crippen LogP contribution in [-0.2, 0) is 0 Å². The molecule has 0 radical (unpaired) electrons. The Morgan fingerprint density at radius 2 is 1.75 bits per heavy atom. The maximum absolute atomic E-state index is 2.64. The summed E-state index contributed by atoms with van der Waals surface area (Å²) in [6, 6.07) is 0. The van der Waals surface area contributed by atoms with Crippen LogP contribution in [0.25, 0.3) is 0 Å². The molecule has 12 heavy (non-hydrogen) atoms. The van der Waals surface area contributed by atoms with Gasteiger partial charge in [0.1, 0.15) is 0 Å². The van der Waals surface area contributed by atoms with Crippen molar-refractivity contribution in [3.8, 4) is 0 Å². The van der Waals surface area contributed by atoms with Gasteiger partial charge in [-0.2, -0.15) is 0 Å². The number of likely N-dealkylation sites (tertiary alicyclic amines) is 1. The van der Waals surface area contributed by atoms with Crippen LogP contribution >= 0.6 is 22.9 Å². The number of hydrogen-bond donors (Lipinski definition) is 0. The van der Waals surface area contributed by atoms with E-state index in [-0.39, 0.29) is 0 Å². The summed E-state index contributed by atoms with van der Waals surface area (Å²) in [4.78, 5) is 2.64. The van der Waals surface area contributed by atoms with E-state index in [4.69, 9.17) is 0 Å². The minimum Gasteiger partial charge on any atom is -0.303 e. The Balaban J connectivity index is 1.85. The second-order valence-electron chi connectivity index (χ2n) is 4.11. The molecule has 2 aliphatic heterocycles. The Hall–Kier alpha value is 0.650. The molecular weight excluding hydrogens is 263 g/mol. The average Bonchev–Trinajstić information content (AvgIpc) is 2.44. The largest absolute Gasteiger partial charge is 0.303 e. The molecule has 0 N–H and O–H groups in total. The maximum Gasteiger partial charge on any atom is 0.0201 e. The number of hydrogen-bond acceptors (Lipinski definition) is 2. The van der Waals surface area contributed by atoms with Crippen LogP contribution in [0.1, 0.15) is 13.3 Å². The second-order valence-corrected chi connectivity index (χ2v) is 5.47. The highest BCUT2D eigenvalue weighted by atomic mass is 127. The molecule has 2 atom stereocenters. The van der Waals surface area contributed by atoms with E-state index >= 15 is 0 Å². The van der Waals surface area contributed by atoms with E-state index in [1.807, 2.05) is 0 Å². The highest BCUT2D eigenvalue weighted by Gasteiger charge is 2.38. The third kappa shape index (κ3) is 1.77. The van der Waals surface area contributed by atoms with Crippen molar-refractivity contribution in [2.75, 3.05) is 32.7 Å². The van der Waals surface area contributed by atoms with Gasteiger partial charge >= 0.3 is 0 Å². The summed E-state index contributed by atoms with van der Waals surface area (Å²) in [7, 11) is 0. The van der Waals surface area contributed by atoms with Crippen molar-refractivity contribution in [3.63, 3.8) is 0 Å². The van der Waals surface area contributed by atoms with Gasteiger partial charge in [-0.15, -0.1) is 0 Å². The molecule has 0 amide bonds. The lowest BCUT2D eigenvalue weighted by Crippen LogP contribution is -2.25. The number of nitrogens with zero attached hydrogens (tertiary/aromatic N) is 2. The van der Waals surface area contributed by atoms with Crippen LogP contribution < -0.4 is 0 Å². The molecule has 2 heterocycles. The summed E-state index contributed by atoms with van der Waals surface area (Å²) in [6.07, 6.45) is 1.31. The van der Waals surface area contributed by atoms with Gasteiger partial charge in [-0.05, 0) is 24.8 Å². The summed E-state index contributed by atoms with van der Waals surface area (Å²) in [5.74, 6) is 1.96. The van der Waals surface area contributed by atoms with Crippen LogP contribution in [0.2, 0.25) is 0 Å². The molecule has 2 saturated heterocycles. The fourth-order valence-electron chi connectivity index (χ4n) is 2.53. The first-order valence-corrected chi connectivity index (χ1v) is 5.89. The van der Waals surface area contributed by atoms with Crippen molar-refractivity contribution < 1.29 is 0 Å². The third-order valence-electron chi connectivity index (χ3n) is 3.06. The van der Waals surface area contributed by atoms with Crippen molar-refractivity contribution in [2.24, 2.45) is 11.8 Å². The van der Waals surface area contributed by atoms with E-state index in [9.17, 15) is 0 Å². The van der Waals surface area contributed by atoms with Gasteiger partial charge < -0.3 is 4.90 Å². The van der Waals surface area contributed by atoms with E-state index in [1.54, 1.807) is 0 Å². The zero-order chi connectivity index (χ0) is 8.55. The molecule has 70 valence electrons. The number of halogens is 1. The van der Waals surface area contributed by atoms with Crippen molar-refractivity contribution >= 4 is 22.9 Å². The van der Waals surface area contributed by atoms with Gasteiger partial charge in [-0.1, -0.05) is 6.92 Å². The van der Waals surface area contributed by atoms with Crippen LogP contribution in [0.5, 0.6) is 0 Å². The van der Waals surface area contributed by atoms with Crippen molar-refractivity contribution in [2.45, 2.75) is 13.3 Å². The highest BCUT2D eigenvalue weighted by Crippen LogP contribution is 2.32. The van der Waals surface area contributed by atoms with Crippen LogP contribution in [0.4, 0.5) is 0 Å². The van der Waals surface area contributed by atoms with Gasteiger partial charge in [0, 0.05) is 49.0 Å². The Bertz CT molecular complexity index is 149. The second kappa shape index (κ2) is 3.80. The Kier molecular flexibility index (Phi) is 2.92. The predicted octanol–water partition coefficient (Wildman–Crippen LogP) is 1.61. The fraction of sp³-hybridized carbons (Fsp3) is 1.00. The van der Waals surface area contributed by atoms with Crippen molar-refractivity contribution in [1.29, 1.82) is 0 Å². The molecule has 0 aromatic carbocycles. The summed E-state index contributed by atoms with van der Waals surface area (Å²) in [5, 5.41) is 0. The molecule has 2 fully saturated rings. The monoisotopic (exact) mass is 280 g/mol. The summed E-state index contributed by atoms with van der Waals surface area (Å²) < 4.78 is 2.45. The SMILES string of the molecule is CCCN1C[C@H]2CN(I)C[C@H]2C1. The zero-order valence-corrected chi connectivity index (χ0v) is 9.83. The van der Waals surface area contributed by atoms with Crippen LogP contribution in [0, 0.1) is 11.8 Å². The van der Waals surface area contributed by atoms with Crippen LogP contribution in [-0.4, -0.2) is 40.7 Å². The summed E-state index contributed by atoms with van der Waals surface area (Å²) in [5.41, 5.74) is 0. The normalized spacial score (nSPS) is 37.5. The molecule has 2 aliphatic rings. The van der Waals surface area contributed by atoms with Crippen molar-refractivity contribution in [3.05, 3.63) is 0 Å². The first-order chi connectivity index (χ1) is 5.79. The molecular formula is C9H17IN2. The van der Waals surface area contributed by atoms with Gasteiger partial charge in [-0.3, -0.25) is 0 Å². The average molecular weight is 280 g/mol. The Labute approximate surface area is 88.8 Å². The fourth-order valence-corrected chi connectivity index (χ4v) is 3.54. The molecule has 0 aromatic rings. The van der Waals surface area contributed by atoms with Gasteiger partial charge in [0.2, 0.25) is 0 Å². The zero-order valence-electron chi connectivity index (χ0n) is 7.67. The Morgan fingerprint density at radius 3 is 2.25 bits per heavy atom. The molecule has 0 spiro atoms. The molecule has 0 unspecified atom stereocenters. The molecule has 0 bridgehead atoms. The highest BCUT2D eigenvalue weighted by molar-refractivity contribution is 14.1. The Morgan fingerprint density at radius 1 is 1.17 bits per heavy atom. The van der Waals surface area contributed by atoms with Gasteiger partial charge in [0.15, 0.2) is 0 Å². The van der Waals surface area contributed by atoms with Gasteiger partial charge in [0.25, 0.3) is 0 Å². The lowest BCUT2D eigenvalue weighted by Gasteiger charge is -2.16. The lowest BCUT2D eigenvalue weighted by atomic mass is 10.0. The van der Waals surface area contributed by atoms with Crippen LogP contribution in [0.15, 0.2) is 0 Å². The molecule has 0 saturated carbocycles. The number of rotatable bonds is 2. The number of fused-ring (bicyclic) bond motifs is 1. The van der Waals surface area contributed by atoms with E-state index in [2.05, 4.69) is 37.8 Å². The predicted molar refractivity (Wildman–Crippen MR) is 59.3 cm³/mol. The van der Waals surface area contributed by atoms with E-state index in [1.165, 1.54) is 39.1 Å². The molecule has 0 aliphatic carbocycles. The summed E-state index contributed by atoms with van der Waals surface area (Å²) in [6.45, 7) is 8.96. The minimum atomic E-state index is 0.980. The van der Waals surface area contributed by atoms with Gasteiger partial charge in [0.05, 0.1) is 0 Å². The van der Waals surface area contributed by atoms with Crippen molar-refractivity contribution in [1.82, 2.24) is 8.01 Å². The quantitative estimate of drug-likeness (QED) is 0.560. The smallest absolute Gasteiger partial charge is 0.0201 e. The molecule has 2 nitrogen and oxygen atoms in total. The molecule has 0 aromatic heterocycles. The van der Waals surface area contributed by atoms with E-state index < -0.39 is 0 Å². The topological polar surface area (TPSA) is 6.48 Å². The summed E-state index contributed by atoms with van der Waals surface area (Å²) >= 11 is 2.46.